The molecule has 134 valence electrons. The van der Waals surface area contributed by atoms with Crippen LogP contribution in [0.15, 0.2) is 40.4 Å². The van der Waals surface area contributed by atoms with Crippen LogP contribution in [0.25, 0.3) is 5.57 Å². The van der Waals surface area contributed by atoms with Crippen LogP contribution < -0.4 is 0 Å². The largest absolute Gasteiger partial charge is 0.507 e. The highest BCUT2D eigenvalue weighted by atomic mass is 79.9. The number of carbonyl (C=O) groups is 1. The fourth-order valence-electron chi connectivity index (χ4n) is 4.90. The van der Waals surface area contributed by atoms with Crippen molar-refractivity contribution in [3.8, 4) is 11.8 Å². The summed E-state index contributed by atoms with van der Waals surface area (Å²) in [6.07, 6.45) is 2.24. The van der Waals surface area contributed by atoms with E-state index in [2.05, 4.69) is 22.0 Å². The average molecular weight is 422 g/mol. The van der Waals surface area contributed by atoms with Gasteiger partial charge in [-0.15, -0.1) is 0 Å². The molecule has 2 aromatic carbocycles. The monoisotopic (exact) mass is 421 g/mol. The molecule has 0 unspecified atom stereocenters. The molecule has 0 bridgehead atoms. The van der Waals surface area contributed by atoms with E-state index in [1.807, 2.05) is 12.1 Å². The lowest BCUT2D eigenvalue weighted by Crippen LogP contribution is -2.40. The lowest BCUT2D eigenvalue weighted by molar-refractivity contribution is 0.0602. The smallest absolute Gasteiger partial charge is 0.193 e. The second-order valence-electron chi connectivity index (χ2n) is 7.39. The van der Waals surface area contributed by atoms with Crippen LogP contribution in [-0.4, -0.2) is 24.1 Å². The van der Waals surface area contributed by atoms with Gasteiger partial charge in [0.15, 0.2) is 5.78 Å². The first-order valence-electron chi connectivity index (χ1n) is 8.97. The third-order valence-corrected chi connectivity index (χ3v) is 6.81. The number of ether oxygens (including phenoxy) is 1. The molecule has 5 rings (SSSR count). The number of hydrogen-bond acceptors (Lipinski definition) is 4. The molecule has 0 aromatic heterocycles. The SMILES string of the molecule is N#Cc1ccc2c(c1)CC1=C2C(=O)c2cc(Br)c(O)cc2C12CCOCC2. The molecule has 1 spiro atoms. The highest BCUT2D eigenvalue weighted by Gasteiger charge is 2.49. The zero-order chi connectivity index (χ0) is 18.8. The molecule has 4 nitrogen and oxygen atoms in total. The first-order valence-corrected chi connectivity index (χ1v) is 9.77. The second-order valence-corrected chi connectivity index (χ2v) is 8.24. The number of nitriles is 1. The summed E-state index contributed by atoms with van der Waals surface area (Å²) in [7, 11) is 0. The van der Waals surface area contributed by atoms with Gasteiger partial charge in [-0.25, -0.2) is 0 Å². The molecule has 0 saturated carbocycles. The molecule has 1 N–H and O–H groups in total. The minimum absolute atomic E-state index is 0.00118. The number of phenolic OH excluding ortho intramolecular Hbond substituents is 1. The van der Waals surface area contributed by atoms with Crippen molar-refractivity contribution in [3.63, 3.8) is 0 Å². The molecule has 0 atom stereocenters. The van der Waals surface area contributed by atoms with E-state index < -0.39 is 0 Å². The molecule has 2 aliphatic carbocycles. The Bertz CT molecular complexity index is 1090. The minimum Gasteiger partial charge on any atom is -0.507 e. The van der Waals surface area contributed by atoms with Crippen LogP contribution >= 0.6 is 15.9 Å². The molecular formula is C22H16BrNO3. The van der Waals surface area contributed by atoms with Crippen molar-refractivity contribution >= 4 is 27.3 Å². The van der Waals surface area contributed by atoms with E-state index in [1.165, 1.54) is 0 Å². The van der Waals surface area contributed by atoms with E-state index in [-0.39, 0.29) is 16.9 Å². The molecule has 1 saturated heterocycles. The number of Topliss-reactive ketones (excluding diaryl/α,β-unsaturated/α-hetero) is 1. The van der Waals surface area contributed by atoms with E-state index >= 15 is 0 Å². The van der Waals surface area contributed by atoms with Gasteiger partial charge in [0.2, 0.25) is 0 Å². The Labute approximate surface area is 165 Å². The molecule has 0 amide bonds. The van der Waals surface area contributed by atoms with Gasteiger partial charge in [0, 0.05) is 29.8 Å². The Morgan fingerprint density at radius 1 is 1.15 bits per heavy atom. The average Bonchev–Trinajstić information content (AvgIpc) is 3.08. The Balaban J connectivity index is 1.79. The Hall–Kier alpha value is -2.42. The van der Waals surface area contributed by atoms with Crippen LogP contribution in [-0.2, 0) is 16.6 Å². The fourth-order valence-corrected chi connectivity index (χ4v) is 5.24. The second kappa shape index (κ2) is 5.79. The summed E-state index contributed by atoms with van der Waals surface area (Å²) in [5.41, 5.74) is 5.74. The normalized spacial score (nSPS) is 19.5. The number of fused-ring (bicyclic) bond motifs is 5. The highest BCUT2D eigenvalue weighted by molar-refractivity contribution is 9.10. The van der Waals surface area contributed by atoms with Gasteiger partial charge in [0.05, 0.1) is 16.1 Å². The molecule has 0 radical (unpaired) electrons. The number of halogens is 1. The van der Waals surface area contributed by atoms with Gasteiger partial charge in [-0.1, -0.05) is 6.07 Å². The molecule has 3 aliphatic rings. The van der Waals surface area contributed by atoms with Gasteiger partial charge in [0.25, 0.3) is 0 Å². The number of ketones is 1. The number of benzene rings is 2. The first-order chi connectivity index (χ1) is 13.0. The minimum atomic E-state index is -0.305. The molecule has 1 fully saturated rings. The summed E-state index contributed by atoms with van der Waals surface area (Å²) in [4.78, 5) is 13.4. The Kier molecular flexibility index (Phi) is 3.59. The molecule has 1 aliphatic heterocycles. The number of rotatable bonds is 0. The summed E-state index contributed by atoms with van der Waals surface area (Å²) in [5, 5.41) is 19.6. The van der Waals surface area contributed by atoms with Crippen LogP contribution in [0.1, 0.15) is 45.5 Å². The van der Waals surface area contributed by atoms with Crippen molar-refractivity contribution < 1.29 is 14.6 Å². The van der Waals surface area contributed by atoms with Gasteiger partial charge in [-0.2, -0.15) is 5.26 Å². The number of aromatic hydroxyl groups is 1. The van der Waals surface area contributed by atoms with Crippen LogP contribution in [0, 0.1) is 11.3 Å². The summed E-state index contributed by atoms with van der Waals surface area (Å²) in [5.74, 6) is 0.153. The summed E-state index contributed by atoms with van der Waals surface area (Å²) in [6, 6.07) is 11.3. The van der Waals surface area contributed by atoms with E-state index in [1.54, 1.807) is 18.2 Å². The molecule has 5 heteroatoms. The third-order valence-electron chi connectivity index (χ3n) is 6.17. The lowest BCUT2D eigenvalue weighted by Gasteiger charge is -2.43. The van der Waals surface area contributed by atoms with Crippen LogP contribution in [0.2, 0.25) is 0 Å². The Morgan fingerprint density at radius 2 is 1.93 bits per heavy atom. The van der Waals surface area contributed by atoms with Crippen molar-refractivity contribution in [2.75, 3.05) is 13.2 Å². The van der Waals surface area contributed by atoms with Crippen LogP contribution in [0.4, 0.5) is 0 Å². The van der Waals surface area contributed by atoms with E-state index in [4.69, 9.17) is 4.74 Å². The van der Waals surface area contributed by atoms with Gasteiger partial charge in [0.1, 0.15) is 5.75 Å². The molecule has 27 heavy (non-hydrogen) atoms. The van der Waals surface area contributed by atoms with Crippen molar-refractivity contribution in [2.24, 2.45) is 0 Å². The standard InChI is InChI=1S/C22H16BrNO3/c23-18-9-15-16(10-19(18)25)22(3-5-27-6-4-22)17-8-13-7-12(11-24)1-2-14(13)20(17)21(15)26/h1-2,7,9-10,25H,3-6,8H2. The maximum atomic E-state index is 13.4. The Morgan fingerprint density at radius 3 is 2.67 bits per heavy atom. The zero-order valence-electron chi connectivity index (χ0n) is 14.5. The molecular weight excluding hydrogens is 406 g/mol. The topological polar surface area (TPSA) is 70.3 Å². The van der Waals surface area contributed by atoms with Crippen LogP contribution in [0.5, 0.6) is 5.75 Å². The fraction of sp³-hybridized carbons (Fsp3) is 0.273. The summed E-state index contributed by atoms with van der Waals surface area (Å²) >= 11 is 3.36. The predicted octanol–water partition coefficient (Wildman–Crippen LogP) is 4.28. The van der Waals surface area contributed by atoms with Crippen LogP contribution in [0.3, 0.4) is 0 Å². The zero-order valence-corrected chi connectivity index (χ0v) is 16.1. The molecule has 2 aromatic rings. The van der Waals surface area contributed by atoms with Gasteiger partial charge < -0.3 is 9.84 Å². The highest BCUT2D eigenvalue weighted by Crippen LogP contribution is 2.55. The number of phenols is 1. The van der Waals surface area contributed by atoms with Crippen molar-refractivity contribution in [3.05, 3.63) is 68.2 Å². The lowest BCUT2D eigenvalue weighted by atomic mass is 9.62. The van der Waals surface area contributed by atoms with E-state index in [0.29, 0.717) is 35.2 Å². The van der Waals surface area contributed by atoms with Crippen molar-refractivity contribution in [2.45, 2.75) is 24.7 Å². The summed E-state index contributed by atoms with van der Waals surface area (Å²) in [6.45, 7) is 1.25. The third kappa shape index (κ3) is 2.20. The maximum Gasteiger partial charge on any atom is 0.193 e. The van der Waals surface area contributed by atoms with Gasteiger partial charge in [-0.3, -0.25) is 4.79 Å². The summed E-state index contributed by atoms with van der Waals surface area (Å²) < 4.78 is 6.16. The first kappa shape index (κ1) is 16.7. The number of hydrogen-bond donors (Lipinski definition) is 1. The number of carbonyl (C=O) groups excluding carboxylic acids is 1. The van der Waals surface area contributed by atoms with Crippen molar-refractivity contribution in [1.29, 1.82) is 5.26 Å². The quantitative estimate of drug-likeness (QED) is 0.688. The van der Waals surface area contributed by atoms with Gasteiger partial charge >= 0.3 is 0 Å². The molecule has 1 heterocycles. The van der Waals surface area contributed by atoms with E-state index in [0.717, 1.165) is 40.7 Å². The predicted molar refractivity (Wildman–Crippen MR) is 104 cm³/mol. The number of nitrogens with zero attached hydrogens (tertiary/aromatic N) is 1. The maximum absolute atomic E-state index is 13.4. The van der Waals surface area contributed by atoms with E-state index in [9.17, 15) is 15.2 Å². The van der Waals surface area contributed by atoms with Crippen molar-refractivity contribution in [1.82, 2.24) is 0 Å². The van der Waals surface area contributed by atoms with Gasteiger partial charge in [-0.05, 0) is 81.7 Å². The number of allylic oxidation sites excluding steroid dienone is 2.